The van der Waals surface area contributed by atoms with Gasteiger partial charge in [0.05, 0.1) is 5.56 Å². The van der Waals surface area contributed by atoms with Gasteiger partial charge in [-0.1, -0.05) is 60.2 Å². The maximum Gasteiger partial charge on any atom is 0.338 e. The van der Waals surface area contributed by atoms with Gasteiger partial charge in [0.2, 0.25) is 0 Å². The number of ketones is 1. The summed E-state index contributed by atoms with van der Waals surface area (Å²) < 4.78 is 5.38. The second-order valence-electron chi connectivity index (χ2n) is 6.65. The van der Waals surface area contributed by atoms with E-state index in [1.54, 1.807) is 36.4 Å². The van der Waals surface area contributed by atoms with E-state index in [4.69, 9.17) is 16.3 Å². The molecule has 0 N–H and O–H groups in total. The highest BCUT2D eigenvalue weighted by Gasteiger charge is 2.13. The van der Waals surface area contributed by atoms with Crippen molar-refractivity contribution in [2.45, 2.75) is 26.7 Å². The summed E-state index contributed by atoms with van der Waals surface area (Å²) in [5, 5.41) is 0. The fourth-order valence-electron chi connectivity index (χ4n) is 2.65. The lowest BCUT2D eigenvalue weighted by Gasteiger charge is -2.07. The third-order valence-corrected chi connectivity index (χ3v) is 4.44. The fourth-order valence-corrected chi connectivity index (χ4v) is 2.91. The van der Waals surface area contributed by atoms with Crippen LogP contribution in [0.3, 0.4) is 0 Å². The SMILES string of the molecule is C/C(=C\CCl)CC/C=C(\C)COC(=O)c1cccc(C(=O)c2ccccc2)c1. The number of rotatable bonds is 9. The van der Waals surface area contributed by atoms with Crippen LogP contribution in [0.2, 0.25) is 0 Å². The predicted octanol–water partition coefficient (Wildman–Crippen LogP) is 5.99. The van der Waals surface area contributed by atoms with Crippen molar-refractivity contribution in [2.24, 2.45) is 0 Å². The monoisotopic (exact) mass is 396 g/mol. The van der Waals surface area contributed by atoms with Crippen molar-refractivity contribution in [1.29, 1.82) is 0 Å². The molecule has 0 saturated carbocycles. The van der Waals surface area contributed by atoms with Crippen LogP contribution in [0.4, 0.5) is 0 Å². The summed E-state index contributed by atoms with van der Waals surface area (Å²) in [5.74, 6) is -0.0294. The topological polar surface area (TPSA) is 43.4 Å². The Morgan fingerprint density at radius 3 is 2.29 bits per heavy atom. The zero-order valence-electron chi connectivity index (χ0n) is 16.3. The van der Waals surface area contributed by atoms with Crippen molar-refractivity contribution in [3.8, 4) is 0 Å². The number of ether oxygens (including phenoxy) is 1. The van der Waals surface area contributed by atoms with Crippen molar-refractivity contribution in [1.82, 2.24) is 0 Å². The Morgan fingerprint density at radius 1 is 0.893 bits per heavy atom. The standard InChI is InChI=1S/C24H25ClO3/c1-18(14-15-25)8-6-9-19(2)17-28-24(27)22-13-7-12-21(16-22)23(26)20-10-4-3-5-11-20/h3-5,7,9-14,16H,6,8,15,17H2,1-2H3/b18-14+,19-9+. The Bertz CT molecular complexity index is 866. The maximum absolute atomic E-state index is 12.5. The predicted molar refractivity (Wildman–Crippen MR) is 114 cm³/mol. The van der Waals surface area contributed by atoms with Crippen molar-refractivity contribution in [3.63, 3.8) is 0 Å². The molecule has 0 unspecified atom stereocenters. The number of benzene rings is 2. The van der Waals surface area contributed by atoms with Gasteiger partial charge in [0.25, 0.3) is 0 Å². The molecule has 146 valence electrons. The summed E-state index contributed by atoms with van der Waals surface area (Å²) >= 11 is 5.68. The summed E-state index contributed by atoms with van der Waals surface area (Å²) in [6.45, 7) is 4.21. The van der Waals surface area contributed by atoms with E-state index in [2.05, 4.69) is 13.0 Å². The number of carbonyl (C=O) groups is 2. The quantitative estimate of drug-likeness (QED) is 0.226. The lowest BCUT2D eigenvalue weighted by Crippen LogP contribution is -2.09. The smallest absolute Gasteiger partial charge is 0.338 e. The van der Waals surface area contributed by atoms with Gasteiger partial charge < -0.3 is 4.74 Å². The Kier molecular flexibility index (Phi) is 8.70. The molecular weight excluding hydrogens is 372 g/mol. The van der Waals surface area contributed by atoms with Gasteiger partial charge in [-0.25, -0.2) is 4.79 Å². The molecule has 0 heterocycles. The van der Waals surface area contributed by atoms with Gasteiger partial charge >= 0.3 is 5.97 Å². The second-order valence-corrected chi connectivity index (χ2v) is 6.95. The Hall–Kier alpha value is -2.65. The Balaban J connectivity index is 1.94. The van der Waals surface area contributed by atoms with Gasteiger partial charge in [-0.05, 0) is 44.4 Å². The summed E-state index contributed by atoms with van der Waals surface area (Å²) in [6.07, 6.45) is 5.87. The van der Waals surface area contributed by atoms with E-state index in [1.807, 2.05) is 31.2 Å². The van der Waals surface area contributed by atoms with Crippen LogP contribution in [0.5, 0.6) is 0 Å². The van der Waals surface area contributed by atoms with E-state index >= 15 is 0 Å². The van der Waals surface area contributed by atoms with Crippen LogP contribution in [0.25, 0.3) is 0 Å². The molecule has 0 aromatic heterocycles. The van der Waals surface area contributed by atoms with Crippen LogP contribution >= 0.6 is 11.6 Å². The highest BCUT2D eigenvalue weighted by Crippen LogP contribution is 2.13. The largest absolute Gasteiger partial charge is 0.458 e. The third-order valence-electron chi connectivity index (χ3n) is 4.28. The number of allylic oxidation sites excluding steroid dienone is 3. The average Bonchev–Trinajstić information content (AvgIpc) is 2.72. The first-order chi connectivity index (χ1) is 13.5. The number of carbonyl (C=O) groups excluding carboxylic acids is 2. The molecule has 0 atom stereocenters. The van der Waals surface area contributed by atoms with Gasteiger partial charge in [-0.15, -0.1) is 11.6 Å². The molecule has 28 heavy (non-hydrogen) atoms. The molecule has 0 aliphatic rings. The van der Waals surface area contributed by atoms with E-state index in [0.29, 0.717) is 22.6 Å². The minimum atomic E-state index is -0.436. The first-order valence-corrected chi connectivity index (χ1v) is 9.79. The number of esters is 1. The molecule has 0 aliphatic heterocycles. The molecular formula is C24H25ClO3. The normalized spacial score (nSPS) is 12.0. The zero-order valence-corrected chi connectivity index (χ0v) is 17.0. The Labute approximate surface area is 171 Å². The van der Waals surface area contributed by atoms with Crippen molar-refractivity contribution in [2.75, 3.05) is 12.5 Å². The molecule has 3 nitrogen and oxygen atoms in total. The fraction of sp³-hybridized carbons (Fsp3) is 0.250. The van der Waals surface area contributed by atoms with Crippen LogP contribution < -0.4 is 0 Å². The molecule has 2 aromatic rings. The molecule has 0 amide bonds. The van der Waals surface area contributed by atoms with Gasteiger partial charge in [0.1, 0.15) is 6.61 Å². The molecule has 4 heteroatoms. The van der Waals surface area contributed by atoms with Gasteiger partial charge in [-0.3, -0.25) is 4.79 Å². The highest BCUT2D eigenvalue weighted by molar-refractivity contribution is 6.18. The summed E-state index contributed by atoms with van der Waals surface area (Å²) in [7, 11) is 0. The van der Waals surface area contributed by atoms with Crippen LogP contribution in [0, 0.1) is 0 Å². The summed E-state index contributed by atoms with van der Waals surface area (Å²) in [4.78, 5) is 24.9. The zero-order chi connectivity index (χ0) is 20.4. The maximum atomic E-state index is 12.5. The van der Waals surface area contributed by atoms with Crippen LogP contribution in [-0.4, -0.2) is 24.2 Å². The first kappa shape index (κ1) is 21.6. The minimum Gasteiger partial charge on any atom is -0.458 e. The Morgan fingerprint density at radius 2 is 1.57 bits per heavy atom. The summed E-state index contributed by atoms with van der Waals surface area (Å²) in [5.41, 5.74) is 3.66. The molecule has 2 aromatic carbocycles. The minimum absolute atomic E-state index is 0.119. The van der Waals surface area contributed by atoms with Gasteiger partial charge in [0, 0.05) is 17.0 Å². The van der Waals surface area contributed by atoms with Crippen LogP contribution in [0.1, 0.15) is 53.0 Å². The molecule has 0 saturated heterocycles. The summed E-state index contributed by atoms with van der Waals surface area (Å²) in [6, 6.07) is 15.6. The van der Waals surface area contributed by atoms with Crippen molar-refractivity contribution < 1.29 is 14.3 Å². The number of alkyl halides is 1. The van der Waals surface area contributed by atoms with E-state index in [9.17, 15) is 9.59 Å². The van der Waals surface area contributed by atoms with E-state index < -0.39 is 5.97 Å². The molecule has 0 spiro atoms. The average molecular weight is 397 g/mol. The van der Waals surface area contributed by atoms with Gasteiger partial charge in [-0.2, -0.15) is 0 Å². The third kappa shape index (κ3) is 6.82. The second kappa shape index (κ2) is 11.3. The highest BCUT2D eigenvalue weighted by atomic mass is 35.5. The van der Waals surface area contributed by atoms with E-state index in [-0.39, 0.29) is 12.4 Å². The molecule has 0 aliphatic carbocycles. The molecule has 0 radical (unpaired) electrons. The van der Waals surface area contributed by atoms with Crippen LogP contribution in [-0.2, 0) is 4.74 Å². The number of hydrogen-bond acceptors (Lipinski definition) is 3. The van der Waals surface area contributed by atoms with E-state index in [1.165, 1.54) is 5.57 Å². The van der Waals surface area contributed by atoms with Crippen molar-refractivity contribution >= 4 is 23.4 Å². The molecule has 2 rings (SSSR count). The first-order valence-electron chi connectivity index (χ1n) is 9.25. The molecule has 0 bridgehead atoms. The number of halogens is 1. The lowest BCUT2D eigenvalue weighted by molar-refractivity contribution is 0.0540. The van der Waals surface area contributed by atoms with E-state index in [0.717, 1.165) is 18.4 Å². The lowest BCUT2D eigenvalue weighted by atomic mass is 10.0. The number of hydrogen-bond donors (Lipinski definition) is 0. The van der Waals surface area contributed by atoms with Crippen LogP contribution in [0.15, 0.2) is 77.9 Å². The van der Waals surface area contributed by atoms with Gasteiger partial charge in [0.15, 0.2) is 5.78 Å². The van der Waals surface area contributed by atoms with Crippen molar-refractivity contribution in [3.05, 3.63) is 94.6 Å². The molecule has 0 fully saturated rings.